The van der Waals surface area contributed by atoms with Crippen molar-refractivity contribution < 1.29 is 23.5 Å². The Balaban J connectivity index is 1.02. The third-order valence-electron chi connectivity index (χ3n) is 10.0. The third-order valence-corrected chi connectivity index (χ3v) is 10.4. The van der Waals surface area contributed by atoms with Crippen molar-refractivity contribution in [3.63, 3.8) is 0 Å². The Hall–Kier alpha value is -6.20. The molecule has 3 amide bonds. The number of ether oxygens (including phenoxy) is 1. The van der Waals surface area contributed by atoms with Crippen molar-refractivity contribution in [3.8, 4) is 5.75 Å². The highest BCUT2D eigenvalue weighted by atomic mass is 35.5. The van der Waals surface area contributed by atoms with E-state index in [1.807, 2.05) is 61.7 Å². The van der Waals surface area contributed by atoms with Crippen LogP contribution in [0.4, 0.5) is 27.5 Å². The van der Waals surface area contributed by atoms with Crippen LogP contribution >= 0.6 is 11.6 Å². The summed E-state index contributed by atoms with van der Waals surface area (Å²) in [7, 11) is 0. The summed E-state index contributed by atoms with van der Waals surface area (Å²) >= 11 is 6.52. The first-order valence-corrected chi connectivity index (χ1v) is 18.5. The molecule has 1 aliphatic rings. The van der Waals surface area contributed by atoms with Crippen molar-refractivity contribution in [3.05, 3.63) is 114 Å². The molecule has 1 aliphatic heterocycles. The molecule has 4 aromatic carbocycles. The second kappa shape index (κ2) is 14.3. The normalized spacial score (nSPS) is 13.8. The van der Waals surface area contributed by atoms with Gasteiger partial charge in [-0.05, 0) is 86.5 Å². The molecule has 0 saturated heterocycles. The number of amides is 3. The van der Waals surface area contributed by atoms with Crippen LogP contribution in [0, 0.1) is 6.92 Å². The van der Waals surface area contributed by atoms with Crippen LogP contribution in [-0.4, -0.2) is 53.4 Å². The molecule has 1 atom stereocenters. The van der Waals surface area contributed by atoms with Gasteiger partial charge in [0.2, 0.25) is 5.91 Å². The Morgan fingerprint density at radius 3 is 2.54 bits per heavy atom. The number of rotatable bonds is 10. The van der Waals surface area contributed by atoms with Gasteiger partial charge in [0, 0.05) is 88.5 Å². The summed E-state index contributed by atoms with van der Waals surface area (Å²) in [4.78, 5) is 50.8. The van der Waals surface area contributed by atoms with Crippen LogP contribution in [0.1, 0.15) is 47.1 Å². The van der Waals surface area contributed by atoms with Gasteiger partial charge in [-0.2, -0.15) is 0 Å². The average molecular weight is 743 g/mol. The summed E-state index contributed by atoms with van der Waals surface area (Å²) < 4.78 is 11.9. The monoisotopic (exact) mass is 742 g/mol. The van der Waals surface area contributed by atoms with Gasteiger partial charge in [0.25, 0.3) is 5.91 Å². The minimum atomic E-state index is -0.653. The Bertz CT molecular complexity index is 2550. The van der Waals surface area contributed by atoms with E-state index >= 15 is 0 Å². The molecule has 0 fully saturated rings. The van der Waals surface area contributed by atoms with Gasteiger partial charge in [-0.1, -0.05) is 18.2 Å². The average Bonchev–Trinajstić information content (AvgIpc) is 3.95. The maximum absolute atomic E-state index is 14.2. The molecule has 3 aromatic heterocycles. The van der Waals surface area contributed by atoms with E-state index in [1.54, 1.807) is 35.2 Å². The number of aromatic amines is 2. The molecule has 0 aliphatic carbocycles. The summed E-state index contributed by atoms with van der Waals surface area (Å²) in [6.45, 7) is 8.34. The number of halogens is 1. The number of hydrogen-bond donors (Lipinski definition) is 4. The first-order chi connectivity index (χ1) is 26.2. The van der Waals surface area contributed by atoms with Crippen molar-refractivity contribution in [2.24, 2.45) is 0 Å². The molecule has 54 heavy (non-hydrogen) atoms. The number of H-pyrrole nitrogens is 2. The van der Waals surface area contributed by atoms with Crippen LogP contribution in [0.3, 0.4) is 0 Å². The van der Waals surface area contributed by atoms with Crippen LogP contribution in [0.5, 0.6) is 5.75 Å². The Kier molecular flexibility index (Phi) is 9.24. The van der Waals surface area contributed by atoms with Crippen molar-refractivity contribution in [2.45, 2.75) is 33.1 Å². The molecule has 11 nitrogen and oxygen atoms in total. The van der Waals surface area contributed by atoms with Crippen LogP contribution in [0.15, 0.2) is 95.5 Å². The lowest BCUT2D eigenvalue weighted by atomic mass is 9.97. The predicted molar refractivity (Wildman–Crippen MR) is 215 cm³/mol. The number of fused-ring (bicyclic) bond motifs is 5. The fourth-order valence-electron chi connectivity index (χ4n) is 7.46. The van der Waals surface area contributed by atoms with Crippen LogP contribution in [0.25, 0.3) is 32.8 Å². The number of furan rings is 1. The number of hydrogen-bond acceptors (Lipinski definition) is 6. The molecule has 0 bridgehead atoms. The Morgan fingerprint density at radius 1 is 0.944 bits per heavy atom. The van der Waals surface area contributed by atoms with Gasteiger partial charge >= 0.3 is 6.09 Å². The highest BCUT2D eigenvalue weighted by Gasteiger charge is 2.37. The van der Waals surface area contributed by atoms with Crippen molar-refractivity contribution in [2.75, 3.05) is 45.9 Å². The fraction of sp³-hybridized carbons (Fsp3) is 0.214. The molecule has 0 spiro atoms. The van der Waals surface area contributed by atoms with Crippen molar-refractivity contribution in [1.82, 2.24) is 9.97 Å². The van der Waals surface area contributed by atoms with Gasteiger partial charge in [0.05, 0.1) is 17.6 Å². The van der Waals surface area contributed by atoms with E-state index in [4.69, 9.17) is 20.8 Å². The summed E-state index contributed by atoms with van der Waals surface area (Å²) in [5.74, 6) is 0.554. The lowest BCUT2D eigenvalue weighted by Gasteiger charge is -2.20. The van der Waals surface area contributed by atoms with Crippen molar-refractivity contribution in [1.29, 1.82) is 0 Å². The number of aromatic nitrogens is 2. The van der Waals surface area contributed by atoms with Crippen LogP contribution < -0.4 is 25.2 Å². The first kappa shape index (κ1) is 34.9. The maximum Gasteiger partial charge on any atom is 0.417 e. The van der Waals surface area contributed by atoms with Gasteiger partial charge in [-0.3, -0.25) is 14.9 Å². The molecular weight excluding hydrogens is 704 g/mol. The molecule has 0 radical (unpaired) electrons. The number of nitrogens with zero attached hydrogens (tertiary/aromatic N) is 2. The van der Waals surface area contributed by atoms with Crippen LogP contribution in [0.2, 0.25) is 0 Å². The smallest absolute Gasteiger partial charge is 0.417 e. The van der Waals surface area contributed by atoms with E-state index in [2.05, 4.69) is 45.4 Å². The molecule has 4 heterocycles. The van der Waals surface area contributed by atoms with Gasteiger partial charge < -0.3 is 34.2 Å². The lowest BCUT2D eigenvalue weighted by molar-refractivity contribution is -0.115. The topological polar surface area (TPSA) is 136 Å². The number of alkyl halides is 1. The predicted octanol–water partition coefficient (Wildman–Crippen LogP) is 9.32. The number of carbonyl (C=O) groups is 3. The summed E-state index contributed by atoms with van der Waals surface area (Å²) in [5.41, 5.74) is 7.30. The van der Waals surface area contributed by atoms with Gasteiger partial charge in [0.1, 0.15) is 17.0 Å². The molecule has 0 unspecified atom stereocenters. The molecule has 7 aromatic rings. The number of aryl methyl sites for hydroxylation is 1. The van der Waals surface area contributed by atoms with E-state index < -0.39 is 6.09 Å². The molecule has 12 heteroatoms. The lowest BCUT2D eigenvalue weighted by Crippen LogP contribution is -2.30. The number of carbonyl (C=O) groups excluding carboxylic acids is 3. The quantitative estimate of drug-likeness (QED) is 0.103. The van der Waals surface area contributed by atoms with Crippen LogP contribution in [-0.2, 0) is 11.2 Å². The SMILES string of the molecule is CCN(CC)c1ccc2cc(CC(=O)Nc3ccc4[nH]c(C(=O)N5C[C@@H](CCl)c6c5cc(OC(=O)Nc5ccccc5)c5[nH]cc(C)c65)cc4c3)oc2c1. The molecule has 8 rings (SSSR count). The minimum absolute atomic E-state index is 0.0772. The largest absolute Gasteiger partial charge is 0.460 e. The van der Waals surface area contributed by atoms with Gasteiger partial charge in [0.15, 0.2) is 5.75 Å². The van der Waals surface area contributed by atoms with Gasteiger partial charge in [-0.25, -0.2) is 4.79 Å². The maximum atomic E-state index is 14.2. The second-order valence-corrected chi connectivity index (χ2v) is 13.8. The second-order valence-electron chi connectivity index (χ2n) is 13.5. The molecule has 0 saturated carbocycles. The van der Waals surface area contributed by atoms with Crippen molar-refractivity contribution >= 4 is 85.0 Å². The third kappa shape index (κ3) is 6.51. The minimum Gasteiger partial charge on any atom is -0.460 e. The Labute approximate surface area is 316 Å². The number of benzene rings is 4. The van der Waals surface area contributed by atoms with E-state index in [0.29, 0.717) is 52.2 Å². The standard InChI is InChI=1S/C42H39ClN6O5/c1-4-48(5-2)30-13-11-25-16-31(53-35(25)18-30)19-37(50)45-29-12-14-32-26(15-29)17-33(47-32)41(51)49-23-27(21-43)39-34(49)20-36(40-38(39)24(3)22-44-40)54-42(52)46-28-9-7-6-8-10-28/h6-18,20,22,27,44,47H,4-5,19,21,23H2,1-3H3,(H,45,50)(H,46,52)/t27-/m1/s1. The Morgan fingerprint density at radius 2 is 1.76 bits per heavy atom. The van der Waals surface area contributed by atoms with Gasteiger partial charge in [-0.15, -0.1) is 11.6 Å². The highest BCUT2D eigenvalue weighted by Crippen LogP contribution is 2.47. The first-order valence-electron chi connectivity index (χ1n) is 18.0. The zero-order chi connectivity index (χ0) is 37.5. The molecule has 4 N–H and O–H groups in total. The number of nitrogens with one attached hydrogen (secondary N) is 4. The summed E-state index contributed by atoms with van der Waals surface area (Å²) in [6.07, 6.45) is 1.28. The molecular formula is C42H39ClN6O5. The van der Waals surface area contributed by atoms with E-state index in [-0.39, 0.29) is 24.2 Å². The summed E-state index contributed by atoms with van der Waals surface area (Å²) in [6, 6.07) is 26.0. The number of para-hydroxylation sites is 1. The highest BCUT2D eigenvalue weighted by molar-refractivity contribution is 6.19. The van der Waals surface area contributed by atoms with E-state index in [0.717, 1.165) is 57.2 Å². The van der Waals surface area contributed by atoms with E-state index in [1.165, 1.54) is 0 Å². The summed E-state index contributed by atoms with van der Waals surface area (Å²) in [5, 5.41) is 8.31. The molecule has 274 valence electrons. The zero-order valence-corrected chi connectivity index (χ0v) is 30.8. The number of anilines is 4. The fourth-order valence-corrected chi connectivity index (χ4v) is 7.71. The van der Waals surface area contributed by atoms with E-state index in [9.17, 15) is 14.4 Å². The zero-order valence-electron chi connectivity index (χ0n) is 30.1.